The summed E-state index contributed by atoms with van der Waals surface area (Å²) >= 11 is 0. The number of nitrogens with zero attached hydrogens (tertiary/aromatic N) is 1. The Kier molecular flexibility index (Phi) is 4.89. The highest BCUT2D eigenvalue weighted by atomic mass is 19.4. The van der Waals surface area contributed by atoms with Gasteiger partial charge < -0.3 is 20.5 Å². The van der Waals surface area contributed by atoms with Crippen LogP contribution in [0.5, 0.6) is 5.75 Å². The average Bonchev–Trinajstić information content (AvgIpc) is 2.87. The molecule has 21 heavy (non-hydrogen) atoms. The van der Waals surface area contributed by atoms with Crippen molar-refractivity contribution in [1.29, 1.82) is 0 Å². The normalized spacial score (nSPS) is 19.6. The third kappa shape index (κ3) is 5.50. The molecule has 0 spiro atoms. The van der Waals surface area contributed by atoms with E-state index in [-0.39, 0.29) is 11.7 Å². The van der Waals surface area contributed by atoms with Gasteiger partial charge in [-0.1, -0.05) is 6.07 Å². The quantitative estimate of drug-likeness (QED) is 0.662. The van der Waals surface area contributed by atoms with Gasteiger partial charge in [-0.3, -0.25) is 4.99 Å². The zero-order chi connectivity index (χ0) is 15.3. The maximum Gasteiger partial charge on any atom is 0.573 e. The molecule has 1 atom stereocenters. The molecule has 1 aliphatic heterocycles. The van der Waals surface area contributed by atoms with Crippen molar-refractivity contribution in [2.24, 2.45) is 16.6 Å². The Labute approximate surface area is 119 Å². The summed E-state index contributed by atoms with van der Waals surface area (Å²) in [7, 11) is 0. The SMILES string of the molecule is NC(=NCC1CCOC1)Nc1cccc(OC(F)(F)F)c1. The fraction of sp³-hybridized carbons (Fsp3) is 0.462. The number of alkyl halides is 3. The highest BCUT2D eigenvalue weighted by molar-refractivity contribution is 5.92. The first-order valence-electron chi connectivity index (χ1n) is 6.43. The number of halogens is 3. The van der Waals surface area contributed by atoms with Gasteiger partial charge >= 0.3 is 6.36 Å². The lowest BCUT2D eigenvalue weighted by molar-refractivity contribution is -0.274. The molecule has 1 aromatic rings. The van der Waals surface area contributed by atoms with E-state index in [0.717, 1.165) is 13.0 Å². The maximum absolute atomic E-state index is 12.1. The minimum Gasteiger partial charge on any atom is -0.406 e. The number of nitrogens with one attached hydrogen (secondary N) is 1. The Morgan fingerprint density at radius 2 is 2.29 bits per heavy atom. The summed E-state index contributed by atoms with van der Waals surface area (Å²) in [6.45, 7) is 1.91. The Morgan fingerprint density at radius 1 is 1.48 bits per heavy atom. The summed E-state index contributed by atoms with van der Waals surface area (Å²) < 4.78 is 45.4. The van der Waals surface area contributed by atoms with Crippen molar-refractivity contribution in [3.63, 3.8) is 0 Å². The second-order valence-electron chi connectivity index (χ2n) is 4.66. The van der Waals surface area contributed by atoms with Crippen LogP contribution in [0.3, 0.4) is 0 Å². The van der Waals surface area contributed by atoms with Crippen LogP contribution >= 0.6 is 0 Å². The molecule has 1 aliphatic rings. The van der Waals surface area contributed by atoms with E-state index in [4.69, 9.17) is 10.5 Å². The molecule has 3 N–H and O–H groups in total. The predicted octanol–water partition coefficient (Wildman–Crippen LogP) is 2.35. The highest BCUT2D eigenvalue weighted by Gasteiger charge is 2.31. The van der Waals surface area contributed by atoms with E-state index in [1.54, 1.807) is 6.07 Å². The molecule has 5 nitrogen and oxygen atoms in total. The molecule has 1 unspecified atom stereocenters. The molecule has 0 bridgehead atoms. The van der Waals surface area contributed by atoms with Gasteiger partial charge in [-0.25, -0.2) is 0 Å². The van der Waals surface area contributed by atoms with Crippen molar-refractivity contribution in [1.82, 2.24) is 0 Å². The van der Waals surface area contributed by atoms with Crippen LogP contribution in [0.25, 0.3) is 0 Å². The van der Waals surface area contributed by atoms with E-state index in [1.807, 2.05) is 0 Å². The molecule has 1 saturated heterocycles. The first-order chi connectivity index (χ1) is 9.92. The number of anilines is 1. The average molecular weight is 303 g/mol. The molecule has 2 rings (SSSR count). The first-order valence-corrected chi connectivity index (χ1v) is 6.43. The van der Waals surface area contributed by atoms with Crippen molar-refractivity contribution >= 4 is 11.6 Å². The monoisotopic (exact) mass is 303 g/mol. The van der Waals surface area contributed by atoms with Gasteiger partial charge in [0.05, 0.1) is 6.61 Å². The molecule has 0 aliphatic carbocycles. The summed E-state index contributed by atoms with van der Waals surface area (Å²) in [5.74, 6) is 0.167. The second-order valence-corrected chi connectivity index (χ2v) is 4.66. The van der Waals surface area contributed by atoms with Crippen LogP contribution in [-0.2, 0) is 4.74 Å². The molecular weight excluding hydrogens is 287 g/mol. The van der Waals surface area contributed by atoms with E-state index in [0.29, 0.717) is 24.8 Å². The van der Waals surface area contributed by atoms with Gasteiger partial charge in [0.15, 0.2) is 5.96 Å². The van der Waals surface area contributed by atoms with Crippen molar-refractivity contribution in [3.05, 3.63) is 24.3 Å². The summed E-state index contributed by atoms with van der Waals surface area (Å²) in [6.07, 6.45) is -3.79. The van der Waals surface area contributed by atoms with Crippen LogP contribution < -0.4 is 15.8 Å². The fourth-order valence-electron chi connectivity index (χ4n) is 1.91. The molecular formula is C13H16F3N3O2. The number of aliphatic imine (C=N–C) groups is 1. The molecule has 0 amide bonds. The Morgan fingerprint density at radius 3 is 2.95 bits per heavy atom. The number of guanidine groups is 1. The summed E-state index contributed by atoms with van der Waals surface area (Å²) in [6, 6.07) is 5.42. The van der Waals surface area contributed by atoms with Crippen LogP contribution in [0.2, 0.25) is 0 Å². The van der Waals surface area contributed by atoms with E-state index in [1.165, 1.54) is 18.2 Å². The molecule has 1 aromatic carbocycles. The zero-order valence-electron chi connectivity index (χ0n) is 11.2. The standard InChI is InChI=1S/C13H16F3N3O2/c14-13(15,16)21-11-3-1-2-10(6-11)19-12(17)18-7-9-4-5-20-8-9/h1-3,6,9H,4-5,7-8H2,(H3,17,18,19). The van der Waals surface area contributed by atoms with E-state index in [2.05, 4.69) is 15.0 Å². The number of ether oxygens (including phenoxy) is 2. The van der Waals surface area contributed by atoms with Gasteiger partial charge in [-0.15, -0.1) is 13.2 Å². The first kappa shape index (κ1) is 15.4. The predicted molar refractivity (Wildman–Crippen MR) is 72.2 cm³/mol. The van der Waals surface area contributed by atoms with Gasteiger partial charge in [0, 0.05) is 30.8 Å². The number of nitrogens with two attached hydrogens (primary N) is 1. The van der Waals surface area contributed by atoms with Gasteiger partial charge in [0.2, 0.25) is 0 Å². The van der Waals surface area contributed by atoms with Crippen molar-refractivity contribution in [2.75, 3.05) is 25.1 Å². The van der Waals surface area contributed by atoms with Crippen molar-refractivity contribution in [3.8, 4) is 5.75 Å². The highest BCUT2D eigenvalue weighted by Crippen LogP contribution is 2.24. The van der Waals surface area contributed by atoms with Crippen LogP contribution in [0.15, 0.2) is 29.3 Å². The third-order valence-electron chi connectivity index (χ3n) is 2.88. The van der Waals surface area contributed by atoms with Crippen molar-refractivity contribution in [2.45, 2.75) is 12.8 Å². The van der Waals surface area contributed by atoms with E-state index in [9.17, 15) is 13.2 Å². The lowest BCUT2D eigenvalue weighted by Crippen LogP contribution is -2.24. The largest absolute Gasteiger partial charge is 0.573 e. The Balaban J connectivity index is 1.92. The minimum atomic E-state index is -4.72. The molecule has 1 heterocycles. The summed E-state index contributed by atoms with van der Waals surface area (Å²) in [5, 5.41) is 2.73. The number of benzene rings is 1. The van der Waals surface area contributed by atoms with Gasteiger partial charge in [0.1, 0.15) is 5.75 Å². The van der Waals surface area contributed by atoms with Crippen LogP contribution in [0.4, 0.5) is 18.9 Å². The lowest BCUT2D eigenvalue weighted by Gasteiger charge is -2.11. The van der Waals surface area contributed by atoms with Gasteiger partial charge in [-0.2, -0.15) is 0 Å². The zero-order valence-corrected chi connectivity index (χ0v) is 11.2. The summed E-state index contributed by atoms with van der Waals surface area (Å²) in [4.78, 5) is 4.15. The molecule has 8 heteroatoms. The Bertz CT molecular complexity index is 500. The molecule has 116 valence electrons. The van der Waals surface area contributed by atoms with Crippen LogP contribution in [0, 0.1) is 5.92 Å². The van der Waals surface area contributed by atoms with Gasteiger partial charge in [0.25, 0.3) is 0 Å². The number of hydrogen-bond donors (Lipinski definition) is 2. The lowest BCUT2D eigenvalue weighted by atomic mass is 10.1. The third-order valence-corrected chi connectivity index (χ3v) is 2.88. The Hall–Kier alpha value is -1.96. The molecule has 0 saturated carbocycles. The summed E-state index contributed by atoms with van der Waals surface area (Å²) in [5.41, 5.74) is 6.07. The number of hydrogen-bond acceptors (Lipinski definition) is 3. The van der Waals surface area contributed by atoms with Gasteiger partial charge in [-0.05, 0) is 18.6 Å². The van der Waals surface area contributed by atoms with E-state index >= 15 is 0 Å². The van der Waals surface area contributed by atoms with Crippen molar-refractivity contribution < 1.29 is 22.6 Å². The minimum absolute atomic E-state index is 0.144. The maximum atomic E-state index is 12.1. The van der Waals surface area contributed by atoms with Crippen LogP contribution in [0.1, 0.15) is 6.42 Å². The molecule has 0 aromatic heterocycles. The fourth-order valence-corrected chi connectivity index (χ4v) is 1.91. The van der Waals surface area contributed by atoms with Crippen LogP contribution in [-0.4, -0.2) is 32.1 Å². The number of rotatable bonds is 4. The molecule has 0 radical (unpaired) electrons. The topological polar surface area (TPSA) is 68.9 Å². The molecule has 1 fully saturated rings. The van der Waals surface area contributed by atoms with E-state index < -0.39 is 6.36 Å². The second kappa shape index (κ2) is 6.66. The smallest absolute Gasteiger partial charge is 0.406 e.